The predicted molar refractivity (Wildman–Crippen MR) is 39.8 cm³/mol. The van der Waals surface area contributed by atoms with Gasteiger partial charge >= 0.3 is 0 Å². The minimum absolute atomic E-state index is 0.0833. The van der Waals surface area contributed by atoms with E-state index in [1.165, 1.54) is 0 Å². The summed E-state index contributed by atoms with van der Waals surface area (Å²) < 4.78 is 5.29. The summed E-state index contributed by atoms with van der Waals surface area (Å²) in [7, 11) is 0. The highest BCUT2D eigenvalue weighted by molar-refractivity contribution is 4.96. The second-order valence-corrected chi connectivity index (χ2v) is 4.13. The zero-order chi connectivity index (χ0) is 7.94. The summed E-state index contributed by atoms with van der Waals surface area (Å²) in [5.41, 5.74) is 0.182. The molecule has 0 aromatic carbocycles. The molecule has 0 saturated carbocycles. The van der Waals surface area contributed by atoms with Gasteiger partial charge in [-0.3, -0.25) is 0 Å². The molecule has 1 N–H and O–H groups in total. The average molecular weight is 144 g/mol. The van der Waals surface area contributed by atoms with E-state index in [0.717, 1.165) is 0 Å². The predicted octanol–water partition coefficient (Wildman–Crippen LogP) is 1.18. The van der Waals surface area contributed by atoms with Crippen molar-refractivity contribution in [1.29, 1.82) is 0 Å². The molecular weight excluding hydrogens is 128 g/mol. The van der Waals surface area contributed by atoms with Crippen LogP contribution in [0.2, 0.25) is 0 Å². The molecular formula is C8H16O2. The second kappa shape index (κ2) is 2.21. The summed E-state index contributed by atoms with van der Waals surface area (Å²) in [4.78, 5) is 0. The van der Waals surface area contributed by atoms with Crippen molar-refractivity contribution in [3.63, 3.8) is 0 Å². The lowest BCUT2D eigenvalue weighted by Crippen LogP contribution is -2.21. The minimum Gasteiger partial charge on any atom is -0.391 e. The molecule has 1 fully saturated rings. The Bertz CT molecular complexity index is 124. The molecule has 0 amide bonds. The molecule has 0 aromatic heterocycles. The Morgan fingerprint density at radius 1 is 1.40 bits per heavy atom. The molecule has 0 spiro atoms. The maximum atomic E-state index is 9.10. The van der Waals surface area contributed by atoms with E-state index < -0.39 is 0 Å². The van der Waals surface area contributed by atoms with Gasteiger partial charge in [-0.2, -0.15) is 0 Å². The van der Waals surface area contributed by atoms with Crippen LogP contribution in [0.15, 0.2) is 0 Å². The maximum Gasteiger partial charge on any atom is 0.110 e. The first-order valence-corrected chi connectivity index (χ1v) is 3.76. The highest BCUT2D eigenvalue weighted by Gasteiger charge is 2.49. The van der Waals surface area contributed by atoms with Crippen molar-refractivity contribution < 1.29 is 9.84 Å². The van der Waals surface area contributed by atoms with Crippen LogP contribution in [0.1, 0.15) is 27.7 Å². The monoisotopic (exact) mass is 144 g/mol. The van der Waals surface area contributed by atoms with Crippen LogP contribution in [-0.2, 0) is 4.74 Å². The first kappa shape index (κ1) is 8.02. The van der Waals surface area contributed by atoms with Crippen molar-refractivity contribution in [1.82, 2.24) is 0 Å². The van der Waals surface area contributed by atoms with Crippen molar-refractivity contribution in [3.05, 3.63) is 0 Å². The van der Waals surface area contributed by atoms with E-state index in [1.54, 1.807) is 6.92 Å². The smallest absolute Gasteiger partial charge is 0.110 e. The third-order valence-corrected chi connectivity index (χ3v) is 1.85. The molecule has 3 atom stereocenters. The van der Waals surface area contributed by atoms with E-state index >= 15 is 0 Å². The summed E-state index contributed by atoms with van der Waals surface area (Å²) in [5, 5.41) is 9.10. The Kier molecular flexibility index (Phi) is 1.77. The van der Waals surface area contributed by atoms with Gasteiger partial charge in [0, 0.05) is 0 Å². The van der Waals surface area contributed by atoms with Crippen LogP contribution < -0.4 is 0 Å². The van der Waals surface area contributed by atoms with Gasteiger partial charge in [-0.15, -0.1) is 0 Å². The van der Waals surface area contributed by atoms with Crippen LogP contribution in [0.3, 0.4) is 0 Å². The van der Waals surface area contributed by atoms with Gasteiger partial charge < -0.3 is 9.84 Å². The fraction of sp³-hybridized carbons (Fsp3) is 1.00. The normalized spacial score (nSPS) is 35.7. The highest BCUT2D eigenvalue weighted by atomic mass is 16.6. The lowest BCUT2D eigenvalue weighted by atomic mass is 9.89. The maximum absolute atomic E-state index is 9.10. The lowest BCUT2D eigenvalue weighted by molar-refractivity contribution is 0.152. The minimum atomic E-state index is -0.316. The molecule has 1 heterocycles. The summed E-state index contributed by atoms with van der Waals surface area (Å²) in [6.45, 7) is 8.15. The van der Waals surface area contributed by atoms with Gasteiger partial charge in [0.15, 0.2) is 0 Å². The molecule has 2 heteroatoms. The summed E-state index contributed by atoms with van der Waals surface area (Å²) >= 11 is 0. The molecule has 2 nitrogen and oxygen atoms in total. The quantitative estimate of drug-likeness (QED) is 0.560. The van der Waals surface area contributed by atoms with E-state index in [2.05, 4.69) is 20.8 Å². The molecule has 1 rings (SSSR count). The van der Waals surface area contributed by atoms with Crippen molar-refractivity contribution in [2.24, 2.45) is 5.41 Å². The molecule has 0 aromatic rings. The average Bonchev–Trinajstić information content (AvgIpc) is 2.35. The molecule has 0 unspecified atom stereocenters. The summed E-state index contributed by atoms with van der Waals surface area (Å²) in [6, 6.07) is 0. The Morgan fingerprint density at radius 3 is 2.00 bits per heavy atom. The molecule has 0 aliphatic carbocycles. The summed E-state index contributed by atoms with van der Waals surface area (Å²) in [6.07, 6.45) is 0.0247. The lowest BCUT2D eigenvalue weighted by Gasteiger charge is -2.14. The van der Waals surface area contributed by atoms with Crippen molar-refractivity contribution >= 4 is 0 Å². The number of aliphatic hydroxyl groups excluding tert-OH is 1. The highest BCUT2D eigenvalue weighted by Crippen LogP contribution is 2.39. The molecule has 1 aliphatic heterocycles. The van der Waals surface area contributed by atoms with Crippen LogP contribution in [0.5, 0.6) is 0 Å². The van der Waals surface area contributed by atoms with Gasteiger partial charge in [0.1, 0.15) is 6.10 Å². The molecule has 60 valence electrons. The second-order valence-electron chi connectivity index (χ2n) is 4.13. The summed E-state index contributed by atoms with van der Waals surface area (Å²) in [5.74, 6) is 0. The zero-order valence-electron chi connectivity index (χ0n) is 7.09. The Morgan fingerprint density at radius 2 is 1.90 bits per heavy atom. The van der Waals surface area contributed by atoms with Crippen LogP contribution in [0.25, 0.3) is 0 Å². The Balaban J connectivity index is 2.39. The van der Waals surface area contributed by atoms with E-state index in [1.807, 2.05) is 0 Å². The molecule has 10 heavy (non-hydrogen) atoms. The zero-order valence-corrected chi connectivity index (χ0v) is 7.09. The van der Waals surface area contributed by atoms with Crippen molar-refractivity contribution in [3.8, 4) is 0 Å². The van der Waals surface area contributed by atoms with Gasteiger partial charge in [-0.25, -0.2) is 0 Å². The standard InChI is InChI=1S/C8H16O2/c1-5(9)6-7(10-6)8(2,3)4/h5-7,9H,1-4H3/t5-,6+,7-/m0/s1. The fourth-order valence-electron chi connectivity index (χ4n) is 1.19. The van der Waals surface area contributed by atoms with E-state index in [-0.39, 0.29) is 23.7 Å². The molecule has 0 radical (unpaired) electrons. The number of hydrogen-bond donors (Lipinski definition) is 1. The largest absolute Gasteiger partial charge is 0.391 e. The number of ether oxygens (including phenoxy) is 1. The first-order chi connectivity index (χ1) is 4.43. The Labute approximate surface area is 62.2 Å². The number of hydrogen-bond acceptors (Lipinski definition) is 2. The fourth-order valence-corrected chi connectivity index (χ4v) is 1.19. The van der Waals surface area contributed by atoms with Gasteiger partial charge in [-0.1, -0.05) is 20.8 Å². The van der Waals surface area contributed by atoms with Gasteiger partial charge in [-0.05, 0) is 12.3 Å². The molecule has 1 aliphatic rings. The number of aliphatic hydroxyl groups is 1. The van der Waals surface area contributed by atoms with Crippen molar-refractivity contribution in [2.75, 3.05) is 0 Å². The van der Waals surface area contributed by atoms with E-state index in [4.69, 9.17) is 9.84 Å². The number of epoxide rings is 1. The van der Waals surface area contributed by atoms with Gasteiger partial charge in [0.2, 0.25) is 0 Å². The third-order valence-electron chi connectivity index (χ3n) is 1.85. The molecule has 1 saturated heterocycles. The van der Waals surface area contributed by atoms with Gasteiger partial charge in [0.05, 0.1) is 12.2 Å². The van der Waals surface area contributed by atoms with Crippen LogP contribution >= 0.6 is 0 Å². The third kappa shape index (κ3) is 1.50. The van der Waals surface area contributed by atoms with Gasteiger partial charge in [0.25, 0.3) is 0 Å². The van der Waals surface area contributed by atoms with Crippen LogP contribution in [0.4, 0.5) is 0 Å². The van der Waals surface area contributed by atoms with Crippen molar-refractivity contribution in [2.45, 2.75) is 46.0 Å². The van der Waals surface area contributed by atoms with Crippen LogP contribution in [0, 0.1) is 5.41 Å². The SMILES string of the molecule is C[C@H](O)[C@H]1O[C@@H]1C(C)(C)C. The van der Waals surface area contributed by atoms with Crippen LogP contribution in [-0.4, -0.2) is 23.4 Å². The van der Waals surface area contributed by atoms with E-state index in [0.29, 0.717) is 0 Å². The molecule has 0 bridgehead atoms. The topological polar surface area (TPSA) is 32.8 Å². The Hall–Kier alpha value is -0.0800. The van der Waals surface area contributed by atoms with E-state index in [9.17, 15) is 0 Å². The first-order valence-electron chi connectivity index (χ1n) is 3.76. The number of rotatable bonds is 1.